The van der Waals surface area contributed by atoms with Crippen LogP contribution < -0.4 is 0 Å². The van der Waals surface area contributed by atoms with E-state index in [9.17, 15) is 27.8 Å². The van der Waals surface area contributed by atoms with Gasteiger partial charge in [-0.05, 0) is 18.2 Å². The molecule has 6 atom stereocenters. The molecule has 22 heteroatoms. The largest absolute Gasteiger partial charge is 0.544 e. The van der Waals surface area contributed by atoms with E-state index in [1.807, 2.05) is 0 Å². The van der Waals surface area contributed by atoms with Crippen LogP contribution in [0.25, 0.3) is 0 Å². The van der Waals surface area contributed by atoms with Crippen LogP contribution in [0.2, 0.25) is 0 Å². The molecule has 14 nitrogen and oxygen atoms in total. The summed E-state index contributed by atoms with van der Waals surface area (Å²) in [6.07, 6.45) is -2.79. The van der Waals surface area contributed by atoms with Crippen molar-refractivity contribution in [1.29, 1.82) is 0 Å². The standard InChI is InChI=1S/C5H12B2FO14P4S/c6-5-1-3(19-24(12,13)20-7-8)4(18-5)2-17-26(16,27)22-25(14,15)21-23(9,10)11/h3-5H,1-2H2,(H,12,13)(H,14,15)(H,16,27)(H2,9,10,11)/t3-,4+,5+,26?/m0/s1. The van der Waals surface area contributed by atoms with E-state index in [0.717, 1.165) is 0 Å². The Morgan fingerprint density at radius 1 is 1.15 bits per heavy atom. The lowest BCUT2D eigenvalue weighted by Gasteiger charge is -2.23. The summed E-state index contributed by atoms with van der Waals surface area (Å²) in [5, 5.41) is 0. The molecule has 1 fully saturated rings. The fourth-order valence-corrected chi connectivity index (χ4v) is 6.41. The molecule has 0 amide bonds. The summed E-state index contributed by atoms with van der Waals surface area (Å²) in [4.78, 5) is 44.9. The predicted octanol–water partition coefficient (Wildman–Crippen LogP) is -0.265. The van der Waals surface area contributed by atoms with Crippen molar-refractivity contribution in [2.24, 2.45) is 0 Å². The topological polar surface area (TPSA) is 208 Å². The second-order valence-corrected chi connectivity index (χ2v) is 11.8. The minimum atomic E-state index is -5.51. The molecule has 155 valence electrons. The molecule has 1 rings (SSSR count). The molecule has 1 aliphatic rings. The third-order valence-corrected chi connectivity index (χ3v) is 8.09. The van der Waals surface area contributed by atoms with E-state index in [4.69, 9.17) is 27.3 Å². The first kappa shape index (κ1) is 26.0. The highest BCUT2D eigenvalue weighted by atomic mass is 32.5. The van der Waals surface area contributed by atoms with Crippen LogP contribution in [0, 0.1) is 0 Å². The van der Waals surface area contributed by atoms with Crippen molar-refractivity contribution >= 4 is 57.6 Å². The van der Waals surface area contributed by atoms with E-state index >= 15 is 0 Å². The number of phosphoric ester groups is 1. The lowest BCUT2D eigenvalue weighted by molar-refractivity contribution is 0.000109. The molecular formula is C5H12B2FO14P4S. The molecule has 0 saturated carbocycles. The zero-order chi connectivity index (χ0) is 21.1. The van der Waals surface area contributed by atoms with E-state index in [-0.39, 0.29) is 6.42 Å². The Bertz CT molecular complexity index is 703. The fraction of sp³-hybridized carbons (Fsp3) is 1.00. The fourth-order valence-electron chi connectivity index (χ4n) is 1.72. The number of halogens is 1. The highest BCUT2D eigenvalue weighted by Crippen LogP contribution is 2.66. The summed E-state index contributed by atoms with van der Waals surface area (Å²) in [7, 11) is -10.9. The van der Waals surface area contributed by atoms with Gasteiger partial charge in [-0.1, -0.05) is 0 Å². The van der Waals surface area contributed by atoms with E-state index < -0.39 is 62.8 Å². The summed E-state index contributed by atoms with van der Waals surface area (Å²) in [5.74, 6) is 0. The van der Waals surface area contributed by atoms with Crippen molar-refractivity contribution in [3.63, 3.8) is 0 Å². The van der Waals surface area contributed by atoms with Gasteiger partial charge in [0.25, 0.3) is 0 Å². The van der Waals surface area contributed by atoms with Crippen LogP contribution in [0.4, 0.5) is 4.32 Å². The van der Waals surface area contributed by atoms with Gasteiger partial charge in [-0.25, -0.2) is 18.0 Å². The average molecular weight is 493 g/mol. The second kappa shape index (κ2) is 9.84. The molecule has 1 aliphatic heterocycles. The van der Waals surface area contributed by atoms with Gasteiger partial charge in [0, 0.05) is 6.00 Å². The molecular weight excluding hydrogens is 481 g/mol. The lowest BCUT2D eigenvalue weighted by atomic mass is 9.96. The van der Waals surface area contributed by atoms with Crippen molar-refractivity contribution in [3.05, 3.63) is 0 Å². The molecule has 1 heterocycles. The summed E-state index contributed by atoms with van der Waals surface area (Å²) in [5.41, 5.74) is 0. The quantitative estimate of drug-likeness (QED) is 0.186. The van der Waals surface area contributed by atoms with Crippen LogP contribution in [0.5, 0.6) is 0 Å². The first-order valence-electron chi connectivity index (χ1n) is 6.35. The third kappa shape index (κ3) is 10.5. The Labute approximate surface area is 158 Å². The lowest BCUT2D eigenvalue weighted by Crippen LogP contribution is -2.28. The summed E-state index contributed by atoms with van der Waals surface area (Å²) in [6, 6.07) is -1.03. The number of hydrogen-bond acceptors (Lipinski definition) is 10. The van der Waals surface area contributed by atoms with Crippen LogP contribution in [-0.4, -0.2) is 64.9 Å². The molecule has 0 bridgehead atoms. The zero-order valence-electron chi connectivity index (χ0n) is 12.8. The minimum absolute atomic E-state index is 0.191. The molecule has 3 radical (unpaired) electrons. The van der Waals surface area contributed by atoms with Crippen molar-refractivity contribution in [1.82, 2.24) is 0 Å². The van der Waals surface area contributed by atoms with E-state index in [0.29, 0.717) is 0 Å². The first-order valence-corrected chi connectivity index (χ1v) is 13.5. The van der Waals surface area contributed by atoms with Gasteiger partial charge in [0.05, 0.1) is 12.7 Å². The highest BCUT2D eigenvalue weighted by Gasteiger charge is 2.42. The van der Waals surface area contributed by atoms with Gasteiger partial charge >= 0.3 is 37.9 Å². The molecule has 5 N–H and O–H groups in total. The van der Waals surface area contributed by atoms with Gasteiger partial charge in [0.15, 0.2) is 0 Å². The Kier molecular flexibility index (Phi) is 9.48. The average Bonchev–Trinajstić information content (AvgIpc) is 2.71. The molecule has 27 heavy (non-hydrogen) atoms. The summed E-state index contributed by atoms with van der Waals surface area (Å²) < 4.78 is 70.7. The summed E-state index contributed by atoms with van der Waals surface area (Å²) in [6.45, 7) is -5.39. The van der Waals surface area contributed by atoms with E-state index in [1.54, 1.807) is 0 Å². The van der Waals surface area contributed by atoms with Gasteiger partial charge in [0.1, 0.15) is 14.0 Å². The maximum absolute atomic E-state index is 11.9. The molecule has 0 spiro atoms. The van der Waals surface area contributed by atoms with Gasteiger partial charge < -0.3 is 38.2 Å². The SMILES string of the molecule is [B][C@H]1C[C@H](OP(=O)(O)O[B]F)[C@@H](COP(O)(=S)OP(=O)(O)OP(=O)(O)O)O1. The number of ether oxygens (including phenoxy) is 1. The molecule has 0 aromatic heterocycles. The van der Waals surface area contributed by atoms with Crippen LogP contribution in [-0.2, 0) is 52.3 Å². The van der Waals surface area contributed by atoms with Gasteiger partial charge in [0.2, 0.25) is 0 Å². The number of rotatable bonds is 11. The van der Waals surface area contributed by atoms with E-state index in [2.05, 4.69) is 33.9 Å². The first-order chi connectivity index (χ1) is 12.0. The van der Waals surface area contributed by atoms with Crippen molar-refractivity contribution in [3.8, 4) is 0 Å². The zero-order valence-corrected chi connectivity index (χ0v) is 17.2. The predicted molar refractivity (Wildman–Crippen MR) is 88.2 cm³/mol. The smallest absolute Gasteiger partial charge is 0.380 e. The monoisotopic (exact) mass is 493 g/mol. The van der Waals surface area contributed by atoms with Crippen LogP contribution >= 0.6 is 30.2 Å². The van der Waals surface area contributed by atoms with Crippen molar-refractivity contribution in [2.45, 2.75) is 24.6 Å². The van der Waals surface area contributed by atoms with Crippen LogP contribution in [0.15, 0.2) is 0 Å². The maximum atomic E-state index is 11.9. The Balaban J connectivity index is 2.70. The Morgan fingerprint density at radius 3 is 2.26 bits per heavy atom. The number of phosphoric acid groups is 3. The van der Waals surface area contributed by atoms with Crippen molar-refractivity contribution < 1.29 is 69.3 Å². The van der Waals surface area contributed by atoms with Gasteiger partial charge in [-0.15, -0.1) is 0 Å². The normalized spacial score (nSPS) is 30.2. The molecule has 0 aromatic rings. The van der Waals surface area contributed by atoms with Gasteiger partial charge in [-0.3, -0.25) is 8.84 Å². The van der Waals surface area contributed by atoms with Gasteiger partial charge in [-0.2, -0.15) is 4.31 Å². The maximum Gasteiger partial charge on any atom is 0.544 e. The second-order valence-electron chi connectivity index (χ2n) is 4.64. The Hall–Kier alpha value is 0.960. The van der Waals surface area contributed by atoms with E-state index in [1.165, 1.54) is 0 Å². The molecule has 0 aliphatic carbocycles. The third-order valence-electron chi connectivity index (χ3n) is 2.49. The Morgan fingerprint density at radius 2 is 1.74 bits per heavy atom. The molecule has 3 unspecified atom stereocenters. The molecule has 1 saturated heterocycles. The van der Waals surface area contributed by atoms with Crippen LogP contribution in [0.1, 0.15) is 6.42 Å². The molecule has 0 aromatic carbocycles. The van der Waals surface area contributed by atoms with Crippen molar-refractivity contribution in [2.75, 3.05) is 6.61 Å². The highest BCUT2D eigenvalue weighted by molar-refractivity contribution is 8.08. The summed E-state index contributed by atoms with van der Waals surface area (Å²) >= 11 is 4.38. The minimum Gasteiger partial charge on any atom is -0.380 e. The van der Waals surface area contributed by atoms with Crippen LogP contribution in [0.3, 0.4) is 0 Å². The number of hydrogen-bond donors (Lipinski definition) is 5.